The Kier molecular flexibility index (Phi) is 13.0. The van der Waals surface area contributed by atoms with Crippen molar-refractivity contribution in [2.24, 2.45) is 5.92 Å². The summed E-state index contributed by atoms with van der Waals surface area (Å²) in [5, 5.41) is 17.0. The number of hydrogen-bond acceptors (Lipinski definition) is 12. The summed E-state index contributed by atoms with van der Waals surface area (Å²) in [6.45, 7) is 15.3. The maximum Gasteiger partial charge on any atom is 0.315 e. The van der Waals surface area contributed by atoms with E-state index in [4.69, 9.17) is 4.52 Å². The van der Waals surface area contributed by atoms with E-state index >= 15 is 4.39 Å². The maximum atomic E-state index is 16.0. The SMILES string of the molecule is Cc1c(CNC(=O)c2nc(C(C)(C)C)no2)ccc(-c2[nH]nc3ncc(-c4ccc(N5CCN(CC6CCN(c7ccc(N(C)CCC(=O)NC=O)cc7)CC6)CC5)cc4)cc23)c1F. The number of nitrogens with one attached hydrogen (secondary N) is 3. The molecular formula is C48H56FN11O4. The number of rotatable bonds is 14. The van der Waals surface area contributed by atoms with Crippen molar-refractivity contribution < 1.29 is 23.3 Å². The normalized spacial score (nSPS) is 15.1. The Balaban J connectivity index is 0.821. The number of carbonyl (C=O) groups is 3. The predicted molar refractivity (Wildman–Crippen MR) is 246 cm³/mol. The van der Waals surface area contributed by atoms with Crippen LogP contribution in [0.2, 0.25) is 0 Å². The number of aromatic nitrogens is 5. The third-order valence-electron chi connectivity index (χ3n) is 12.5. The van der Waals surface area contributed by atoms with Crippen molar-refractivity contribution in [2.45, 2.75) is 58.9 Å². The number of anilines is 3. The molecule has 2 aliphatic rings. The Morgan fingerprint density at radius 2 is 1.62 bits per heavy atom. The highest BCUT2D eigenvalue weighted by atomic mass is 19.1. The second-order valence-corrected chi connectivity index (χ2v) is 17.9. The molecule has 334 valence electrons. The summed E-state index contributed by atoms with van der Waals surface area (Å²) >= 11 is 0. The molecule has 16 heteroatoms. The smallest absolute Gasteiger partial charge is 0.315 e. The van der Waals surface area contributed by atoms with Crippen molar-refractivity contribution in [1.82, 2.24) is 40.9 Å². The second-order valence-electron chi connectivity index (χ2n) is 17.9. The molecule has 0 aliphatic carbocycles. The number of imide groups is 1. The highest BCUT2D eigenvalue weighted by molar-refractivity contribution is 5.94. The van der Waals surface area contributed by atoms with E-state index in [1.807, 2.05) is 38.8 Å². The van der Waals surface area contributed by atoms with E-state index in [0.29, 0.717) is 58.1 Å². The number of halogens is 1. The highest BCUT2D eigenvalue weighted by Crippen LogP contribution is 2.34. The number of nitrogens with zero attached hydrogens (tertiary/aromatic N) is 8. The Bertz CT molecular complexity index is 2590. The van der Waals surface area contributed by atoms with Crippen LogP contribution in [0.1, 0.15) is 67.7 Å². The van der Waals surface area contributed by atoms with Crippen molar-refractivity contribution >= 4 is 46.3 Å². The van der Waals surface area contributed by atoms with Crippen molar-refractivity contribution in [3.8, 4) is 22.4 Å². The van der Waals surface area contributed by atoms with E-state index in [2.05, 4.69) is 99.2 Å². The molecule has 64 heavy (non-hydrogen) atoms. The average Bonchev–Trinajstić information content (AvgIpc) is 3.98. The summed E-state index contributed by atoms with van der Waals surface area (Å²) in [6.07, 6.45) is 4.82. The lowest BCUT2D eigenvalue weighted by atomic mass is 9.95. The molecule has 15 nitrogen and oxygen atoms in total. The van der Waals surface area contributed by atoms with Crippen molar-refractivity contribution in [3.63, 3.8) is 0 Å². The number of carbonyl (C=O) groups excluding carboxylic acids is 3. The number of fused-ring (bicyclic) bond motifs is 1. The Morgan fingerprint density at radius 1 is 0.938 bits per heavy atom. The zero-order chi connectivity index (χ0) is 45.0. The fraction of sp³-hybridized carbons (Fsp3) is 0.396. The number of hydrogen-bond donors (Lipinski definition) is 3. The third kappa shape index (κ3) is 9.91. The minimum atomic E-state index is -0.522. The number of piperazine rings is 1. The Morgan fingerprint density at radius 3 is 2.30 bits per heavy atom. The minimum absolute atomic E-state index is 0.0891. The quantitative estimate of drug-likeness (QED) is 0.102. The van der Waals surface area contributed by atoms with Crippen LogP contribution in [0.5, 0.6) is 0 Å². The molecular weight excluding hydrogens is 814 g/mol. The Hall–Kier alpha value is -6.68. The topological polar surface area (TPSA) is 169 Å². The summed E-state index contributed by atoms with van der Waals surface area (Å²) in [7, 11) is 1.95. The van der Waals surface area contributed by atoms with Gasteiger partial charge in [-0.05, 0) is 90.9 Å². The van der Waals surface area contributed by atoms with Gasteiger partial charge in [-0.1, -0.05) is 44.1 Å². The molecule has 3 N–H and O–H groups in total. The van der Waals surface area contributed by atoms with Crippen molar-refractivity contribution in [2.75, 3.05) is 74.1 Å². The van der Waals surface area contributed by atoms with Gasteiger partial charge < -0.3 is 24.5 Å². The van der Waals surface area contributed by atoms with Gasteiger partial charge in [0.05, 0.1) is 5.69 Å². The summed E-state index contributed by atoms with van der Waals surface area (Å²) in [6, 6.07) is 22.6. The van der Waals surface area contributed by atoms with Crippen LogP contribution in [0.4, 0.5) is 21.5 Å². The summed E-state index contributed by atoms with van der Waals surface area (Å²) in [5.74, 6) is -0.230. The zero-order valence-electron chi connectivity index (χ0n) is 37.2. The molecule has 5 heterocycles. The standard InChI is InChI=1S/C48H56FN11O4/c1-31-34(27-51-45(63)46-53-47(56-64-46)48(2,3)4)8-15-39(42(31)49)43-40-26-35(28-50-44(40)55-54-43)33-6-9-37(10-7-33)60-24-22-58(23-25-60)29-32-16-20-59(21-17-32)38-13-11-36(12-14-38)57(5)19-18-41(62)52-30-61/h6-15,26,28,30,32H,16-25,27,29H2,1-5H3,(H,51,63)(H,50,54,55)(H,52,61,62). The molecule has 0 atom stereocenters. The molecule has 0 radical (unpaired) electrons. The van der Waals surface area contributed by atoms with Gasteiger partial charge in [0.2, 0.25) is 12.3 Å². The van der Waals surface area contributed by atoms with Gasteiger partial charge in [0.25, 0.3) is 0 Å². The molecule has 2 saturated heterocycles. The van der Waals surface area contributed by atoms with Crippen LogP contribution in [-0.2, 0) is 21.5 Å². The van der Waals surface area contributed by atoms with E-state index in [9.17, 15) is 14.4 Å². The number of amides is 3. The lowest BCUT2D eigenvalue weighted by Gasteiger charge is -2.40. The first kappa shape index (κ1) is 43.9. The monoisotopic (exact) mass is 869 g/mol. The van der Waals surface area contributed by atoms with Crippen LogP contribution in [0.25, 0.3) is 33.4 Å². The first-order valence-corrected chi connectivity index (χ1v) is 22.0. The number of benzene rings is 3. The van der Waals surface area contributed by atoms with Crippen LogP contribution in [0.3, 0.4) is 0 Å². The van der Waals surface area contributed by atoms with Crippen LogP contribution in [0.15, 0.2) is 77.4 Å². The molecule has 3 amide bonds. The molecule has 8 rings (SSSR count). The first-order valence-electron chi connectivity index (χ1n) is 22.0. The predicted octanol–water partition coefficient (Wildman–Crippen LogP) is 6.49. The van der Waals surface area contributed by atoms with Gasteiger partial charge >= 0.3 is 11.8 Å². The lowest BCUT2D eigenvalue weighted by Crippen LogP contribution is -2.49. The molecule has 3 aromatic heterocycles. The van der Waals surface area contributed by atoms with Gasteiger partial charge in [0.15, 0.2) is 11.5 Å². The van der Waals surface area contributed by atoms with Gasteiger partial charge in [0.1, 0.15) is 5.82 Å². The molecule has 0 saturated carbocycles. The lowest BCUT2D eigenvalue weighted by molar-refractivity contribution is -0.125. The first-order chi connectivity index (χ1) is 30.8. The third-order valence-corrected chi connectivity index (χ3v) is 12.5. The summed E-state index contributed by atoms with van der Waals surface area (Å²) < 4.78 is 21.2. The highest BCUT2D eigenvalue weighted by Gasteiger charge is 2.26. The molecule has 2 fully saturated rings. The van der Waals surface area contributed by atoms with Crippen LogP contribution in [-0.4, -0.2) is 108 Å². The second kappa shape index (κ2) is 19.0. The minimum Gasteiger partial charge on any atom is -0.374 e. The molecule has 0 spiro atoms. The number of aromatic amines is 1. The Labute approximate surface area is 372 Å². The van der Waals surface area contributed by atoms with Gasteiger partial charge in [-0.3, -0.25) is 29.7 Å². The van der Waals surface area contributed by atoms with Gasteiger partial charge in [-0.15, -0.1) is 0 Å². The van der Waals surface area contributed by atoms with E-state index in [0.717, 1.165) is 62.6 Å². The molecule has 6 aromatic rings. The number of piperidine rings is 1. The maximum absolute atomic E-state index is 16.0. The fourth-order valence-corrected chi connectivity index (χ4v) is 8.49. The molecule has 2 aliphatic heterocycles. The van der Waals surface area contributed by atoms with E-state index in [1.165, 1.54) is 24.2 Å². The van der Waals surface area contributed by atoms with E-state index < -0.39 is 11.7 Å². The van der Waals surface area contributed by atoms with E-state index in [1.54, 1.807) is 25.3 Å². The van der Waals surface area contributed by atoms with Gasteiger partial charge in [-0.2, -0.15) is 10.1 Å². The van der Waals surface area contributed by atoms with Crippen molar-refractivity contribution in [3.05, 3.63) is 102 Å². The molecule has 3 aromatic carbocycles. The zero-order valence-corrected chi connectivity index (χ0v) is 37.2. The van der Waals surface area contributed by atoms with Gasteiger partial charge in [-0.25, -0.2) is 9.37 Å². The molecule has 0 bridgehead atoms. The number of pyridine rings is 1. The summed E-state index contributed by atoms with van der Waals surface area (Å²) in [5.41, 5.74) is 7.44. The average molecular weight is 870 g/mol. The van der Waals surface area contributed by atoms with Gasteiger partial charge in [0, 0.05) is 118 Å². The molecule has 0 unspecified atom stereocenters. The largest absolute Gasteiger partial charge is 0.374 e. The summed E-state index contributed by atoms with van der Waals surface area (Å²) in [4.78, 5) is 53.2. The van der Waals surface area contributed by atoms with E-state index in [-0.39, 0.29) is 30.2 Å². The van der Waals surface area contributed by atoms with Crippen LogP contribution in [0, 0.1) is 18.7 Å². The number of H-pyrrole nitrogens is 1. The van der Waals surface area contributed by atoms with Crippen LogP contribution >= 0.6 is 0 Å². The van der Waals surface area contributed by atoms with Crippen molar-refractivity contribution in [1.29, 1.82) is 0 Å². The van der Waals surface area contributed by atoms with Crippen LogP contribution < -0.4 is 25.3 Å². The fourth-order valence-electron chi connectivity index (χ4n) is 8.49.